The fourth-order valence-electron chi connectivity index (χ4n) is 3.08. The van der Waals surface area contributed by atoms with Crippen molar-refractivity contribution in [2.24, 2.45) is 5.92 Å². The smallest absolute Gasteiger partial charge is 0.0223 e. The van der Waals surface area contributed by atoms with Gasteiger partial charge < -0.3 is 5.32 Å². The quantitative estimate of drug-likeness (QED) is 0.782. The topological polar surface area (TPSA) is 18.5 Å². The molecule has 3 atom stereocenters. The molecule has 2 rings (SSSR count). The Kier molecular flexibility index (Phi) is 4.45. The second-order valence-corrected chi connectivity index (χ2v) is 6.08. The molecule has 3 unspecified atom stereocenters. The number of nitrogens with one attached hydrogen (secondary N) is 1. The number of likely N-dealkylation sites (N-methyl/N-ethyl adjacent to an activating group) is 2. The molecule has 2 fully saturated rings. The molecule has 0 bridgehead atoms. The van der Waals surface area contributed by atoms with E-state index in [1.54, 1.807) is 0 Å². The lowest BCUT2D eigenvalue weighted by Gasteiger charge is -2.43. The highest BCUT2D eigenvalue weighted by Gasteiger charge is 2.34. The van der Waals surface area contributed by atoms with Gasteiger partial charge >= 0.3 is 0 Å². The summed E-state index contributed by atoms with van der Waals surface area (Å²) in [5, 5.41) is 3.68. The highest BCUT2D eigenvalue weighted by Crippen LogP contribution is 2.33. The Hall–Kier alpha value is -0.120. The van der Waals surface area contributed by atoms with Crippen molar-refractivity contribution in [2.75, 3.05) is 33.2 Å². The van der Waals surface area contributed by atoms with Crippen LogP contribution in [0.2, 0.25) is 0 Å². The third kappa shape index (κ3) is 3.43. The second-order valence-electron chi connectivity index (χ2n) is 6.08. The summed E-state index contributed by atoms with van der Waals surface area (Å²) < 4.78 is 0. The first kappa shape index (κ1) is 13.3. The number of hydrogen-bond acceptors (Lipinski definition) is 3. The van der Waals surface area contributed by atoms with Crippen molar-refractivity contribution in [2.45, 2.75) is 51.7 Å². The average molecular weight is 239 g/mol. The minimum absolute atomic E-state index is 0.695. The molecular weight excluding hydrogens is 210 g/mol. The molecule has 3 heteroatoms. The van der Waals surface area contributed by atoms with Gasteiger partial charge in [0.25, 0.3) is 0 Å². The molecule has 0 radical (unpaired) electrons. The number of piperazine rings is 1. The molecular formula is C14H29N3. The number of rotatable bonds is 5. The Morgan fingerprint density at radius 2 is 1.76 bits per heavy atom. The molecule has 1 aliphatic carbocycles. The Morgan fingerprint density at radius 3 is 2.24 bits per heavy atom. The van der Waals surface area contributed by atoms with E-state index < -0.39 is 0 Å². The van der Waals surface area contributed by atoms with Gasteiger partial charge in [-0.3, -0.25) is 9.80 Å². The van der Waals surface area contributed by atoms with Gasteiger partial charge in [-0.2, -0.15) is 0 Å². The van der Waals surface area contributed by atoms with Gasteiger partial charge in [-0.1, -0.05) is 6.92 Å². The van der Waals surface area contributed by atoms with E-state index in [0.717, 1.165) is 18.5 Å². The zero-order chi connectivity index (χ0) is 12.4. The van der Waals surface area contributed by atoms with Gasteiger partial charge in [0.05, 0.1) is 0 Å². The Balaban J connectivity index is 1.85. The predicted molar refractivity (Wildman–Crippen MR) is 73.3 cm³/mol. The molecule has 2 aliphatic rings. The molecule has 1 heterocycles. The van der Waals surface area contributed by atoms with Gasteiger partial charge in [-0.15, -0.1) is 0 Å². The van der Waals surface area contributed by atoms with E-state index in [2.05, 4.69) is 42.9 Å². The van der Waals surface area contributed by atoms with Gasteiger partial charge in [0.2, 0.25) is 0 Å². The maximum atomic E-state index is 3.68. The summed E-state index contributed by atoms with van der Waals surface area (Å²) in [4.78, 5) is 5.18. The Morgan fingerprint density at radius 1 is 1.18 bits per heavy atom. The minimum Gasteiger partial charge on any atom is -0.313 e. The fourth-order valence-corrected chi connectivity index (χ4v) is 3.08. The van der Waals surface area contributed by atoms with Crippen LogP contribution in [-0.2, 0) is 0 Å². The van der Waals surface area contributed by atoms with E-state index >= 15 is 0 Å². The maximum Gasteiger partial charge on any atom is 0.0223 e. The van der Waals surface area contributed by atoms with Crippen LogP contribution in [0.3, 0.4) is 0 Å². The molecule has 17 heavy (non-hydrogen) atoms. The molecule has 0 aromatic heterocycles. The van der Waals surface area contributed by atoms with Crippen molar-refractivity contribution in [1.29, 1.82) is 0 Å². The molecule has 1 saturated heterocycles. The van der Waals surface area contributed by atoms with Crippen LogP contribution in [0.25, 0.3) is 0 Å². The largest absolute Gasteiger partial charge is 0.313 e. The third-order valence-electron chi connectivity index (χ3n) is 4.55. The van der Waals surface area contributed by atoms with Crippen molar-refractivity contribution >= 4 is 0 Å². The minimum atomic E-state index is 0.695. The Labute approximate surface area is 107 Å². The van der Waals surface area contributed by atoms with Crippen molar-refractivity contribution in [1.82, 2.24) is 15.1 Å². The average Bonchev–Trinajstić information content (AvgIpc) is 3.09. The van der Waals surface area contributed by atoms with Crippen molar-refractivity contribution in [3.8, 4) is 0 Å². The van der Waals surface area contributed by atoms with Crippen LogP contribution in [0.1, 0.15) is 33.6 Å². The summed E-state index contributed by atoms with van der Waals surface area (Å²) in [6, 6.07) is 2.13. The van der Waals surface area contributed by atoms with Crippen molar-refractivity contribution < 1.29 is 0 Å². The van der Waals surface area contributed by atoms with E-state index in [-0.39, 0.29) is 0 Å². The van der Waals surface area contributed by atoms with E-state index in [1.165, 1.54) is 32.5 Å². The van der Waals surface area contributed by atoms with Crippen LogP contribution < -0.4 is 5.32 Å². The summed E-state index contributed by atoms with van der Waals surface area (Å²) >= 11 is 0. The molecule has 1 saturated carbocycles. The number of nitrogens with zero attached hydrogens (tertiary/aromatic N) is 2. The monoisotopic (exact) mass is 239 g/mol. The molecule has 0 aromatic carbocycles. The lowest BCUT2D eigenvalue weighted by molar-refractivity contribution is 0.0528. The highest BCUT2D eigenvalue weighted by molar-refractivity contribution is 4.91. The molecule has 1 N–H and O–H groups in total. The van der Waals surface area contributed by atoms with Gasteiger partial charge in [0.1, 0.15) is 0 Å². The van der Waals surface area contributed by atoms with Gasteiger partial charge in [-0.05, 0) is 46.2 Å². The summed E-state index contributed by atoms with van der Waals surface area (Å²) in [7, 11) is 2.26. The zero-order valence-corrected chi connectivity index (χ0v) is 11.9. The van der Waals surface area contributed by atoms with Gasteiger partial charge in [0.15, 0.2) is 0 Å². The predicted octanol–water partition coefficient (Wildman–Crippen LogP) is 1.40. The third-order valence-corrected chi connectivity index (χ3v) is 4.55. The number of hydrogen-bond donors (Lipinski definition) is 1. The fraction of sp³-hybridized carbons (Fsp3) is 1.00. The highest BCUT2D eigenvalue weighted by atomic mass is 15.3. The van der Waals surface area contributed by atoms with Crippen LogP contribution in [-0.4, -0.2) is 61.2 Å². The molecule has 0 amide bonds. The van der Waals surface area contributed by atoms with Crippen LogP contribution >= 0.6 is 0 Å². The van der Waals surface area contributed by atoms with E-state index in [1.807, 2.05) is 0 Å². The molecule has 3 nitrogen and oxygen atoms in total. The van der Waals surface area contributed by atoms with E-state index in [4.69, 9.17) is 0 Å². The molecule has 100 valence electrons. The Bertz CT molecular complexity index is 228. The first-order chi connectivity index (χ1) is 8.11. The zero-order valence-electron chi connectivity index (χ0n) is 11.9. The lowest BCUT2D eigenvalue weighted by Crippen LogP contribution is -2.57. The summed E-state index contributed by atoms with van der Waals surface area (Å²) in [6.45, 7) is 11.8. The first-order valence-electron chi connectivity index (χ1n) is 7.29. The maximum absolute atomic E-state index is 3.68. The van der Waals surface area contributed by atoms with Gasteiger partial charge in [-0.25, -0.2) is 0 Å². The molecule has 1 aliphatic heterocycles. The van der Waals surface area contributed by atoms with Crippen LogP contribution in [0.5, 0.6) is 0 Å². The summed E-state index contributed by atoms with van der Waals surface area (Å²) in [5.74, 6) is 0.959. The van der Waals surface area contributed by atoms with Crippen molar-refractivity contribution in [3.05, 3.63) is 0 Å². The second kappa shape index (κ2) is 5.68. The molecule has 0 aromatic rings. The summed E-state index contributed by atoms with van der Waals surface area (Å²) in [5.41, 5.74) is 0. The van der Waals surface area contributed by atoms with Crippen LogP contribution in [0.4, 0.5) is 0 Å². The first-order valence-corrected chi connectivity index (χ1v) is 7.29. The van der Waals surface area contributed by atoms with E-state index in [0.29, 0.717) is 12.1 Å². The van der Waals surface area contributed by atoms with Gasteiger partial charge in [0, 0.05) is 37.8 Å². The van der Waals surface area contributed by atoms with Crippen LogP contribution in [0, 0.1) is 5.92 Å². The lowest BCUT2D eigenvalue weighted by atomic mass is 10.1. The summed E-state index contributed by atoms with van der Waals surface area (Å²) in [6.07, 6.45) is 2.88. The van der Waals surface area contributed by atoms with Crippen LogP contribution in [0.15, 0.2) is 0 Å². The standard InChI is InChI=1S/C14H29N3/c1-5-15-14(13-6-7-13)10-17-8-11(2)16(4)12(3)9-17/h11-15H,5-10H2,1-4H3. The molecule has 0 spiro atoms. The van der Waals surface area contributed by atoms with Crippen molar-refractivity contribution in [3.63, 3.8) is 0 Å². The normalized spacial score (nSPS) is 33.9. The van der Waals surface area contributed by atoms with E-state index in [9.17, 15) is 0 Å². The SMILES string of the molecule is CCNC(CN1CC(C)N(C)C(C)C1)C1CC1.